The summed E-state index contributed by atoms with van der Waals surface area (Å²) < 4.78 is 0. The summed E-state index contributed by atoms with van der Waals surface area (Å²) in [5.41, 5.74) is 5.33. The molecule has 0 aromatic heterocycles. The third kappa shape index (κ3) is 1.30. The fourth-order valence-corrected chi connectivity index (χ4v) is 3.83. The van der Waals surface area contributed by atoms with Gasteiger partial charge in [0.1, 0.15) is 0 Å². The van der Waals surface area contributed by atoms with Crippen LogP contribution in [-0.4, -0.2) is 0 Å². The van der Waals surface area contributed by atoms with E-state index >= 15 is 0 Å². The van der Waals surface area contributed by atoms with E-state index in [9.17, 15) is 0 Å². The van der Waals surface area contributed by atoms with E-state index in [2.05, 4.69) is 42.5 Å². The Morgan fingerprint density at radius 2 is 1.88 bits per heavy atom. The Morgan fingerprint density at radius 3 is 2.53 bits per heavy atom. The van der Waals surface area contributed by atoms with Crippen LogP contribution in [0, 0.1) is 11.3 Å². The Hall–Kier alpha value is -1.30. The second-order valence-electron chi connectivity index (χ2n) is 5.80. The average molecular weight is 222 g/mol. The molecule has 0 nitrogen and oxygen atoms in total. The van der Waals surface area contributed by atoms with Crippen LogP contribution in [0.3, 0.4) is 0 Å². The monoisotopic (exact) mass is 222 g/mol. The van der Waals surface area contributed by atoms with E-state index in [4.69, 9.17) is 0 Å². The van der Waals surface area contributed by atoms with E-state index in [1.165, 1.54) is 43.2 Å². The van der Waals surface area contributed by atoms with Crippen LogP contribution < -0.4 is 0 Å². The van der Waals surface area contributed by atoms with E-state index in [0.29, 0.717) is 5.41 Å². The second-order valence-corrected chi connectivity index (χ2v) is 5.80. The third-order valence-corrected chi connectivity index (χ3v) is 4.96. The highest BCUT2D eigenvalue weighted by atomic mass is 14.6. The molecular formula is C17H18. The van der Waals surface area contributed by atoms with Crippen molar-refractivity contribution in [1.82, 2.24) is 0 Å². The molecule has 0 radical (unpaired) electrons. The lowest BCUT2D eigenvalue weighted by molar-refractivity contribution is 0.200. The number of benzene rings is 1. The van der Waals surface area contributed by atoms with Crippen molar-refractivity contribution < 1.29 is 0 Å². The van der Waals surface area contributed by atoms with Gasteiger partial charge in [-0.05, 0) is 54.6 Å². The van der Waals surface area contributed by atoms with E-state index in [1.807, 2.05) is 0 Å². The molecule has 86 valence electrons. The van der Waals surface area contributed by atoms with Crippen LogP contribution in [0.2, 0.25) is 0 Å². The average Bonchev–Trinajstić information content (AvgIpc) is 3.16. The molecule has 0 saturated heterocycles. The third-order valence-electron chi connectivity index (χ3n) is 4.96. The van der Waals surface area contributed by atoms with Crippen molar-refractivity contribution in [3.05, 3.63) is 53.6 Å². The van der Waals surface area contributed by atoms with Crippen molar-refractivity contribution in [1.29, 1.82) is 0 Å². The van der Waals surface area contributed by atoms with Crippen LogP contribution in [0.15, 0.2) is 48.1 Å². The molecule has 2 fully saturated rings. The van der Waals surface area contributed by atoms with Crippen LogP contribution in [0.4, 0.5) is 0 Å². The number of fused-ring (bicyclic) bond motifs is 1. The van der Waals surface area contributed by atoms with Crippen LogP contribution in [0.1, 0.15) is 37.7 Å². The van der Waals surface area contributed by atoms with Gasteiger partial charge < -0.3 is 0 Å². The maximum absolute atomic E-state index is 2.42. The van der Waals surface area contributed by atoms with E-state index in [-0.39, 0.29) is 0 Å². The molecule has 1 aromatic carbocycles. The first-order valence-electron chi connectivity index (χ1n) is 6.86. The summed E-state index contributed by atoms with van der Waals surface area (Å²) in [6, 6.07) is 10.9. The number of rotatable bonds is 2. The topological polar surface area (TPSA) is 0 Å². The summed E-state index contributed by atoms with van der Waals surface area (Å²) in [5, 5.41) is 0. The Bertz CT molecular complexity index is 502. The molecule has 1 unspecified atom stereocenters. The molecule has 0 bridgehead atoms. The minimum absolute atomic E-state index is 0.597. The first-order chi connectivity index (χ1) is 8.40. The second kappa shape index (κ2) is 3.35. The summed E-state index contributed by atoms with van der Waals surface area (Å²) in [5.74, 6) is 1.01. The first-order valence-corrected chi connectivity index (χ1v) is 6.86. The maximum atomic E-state index is 2.42. The van der Waals surface area contributed by atoms with E-state index < -0.39 is 0 Å². The highest BCUT2D eigenvalue weighted by Crippen LogP contribution is 2.65. The fraction of sp³-hybridized carbons (Fsp3) is 0.412. The molecular weight excluding hydrogens is 204 g/mol. The van der Waals surface area contributed by atoms with Gasteiger partial charge >= 0.3 is 0 Å². The van der Waals surface area contributed by atoms with Crippen LogP contribution in [0.25, 0.3) is 5.57 Å². The van der Waals surface area contributed by atoms with Gasteiger partial charge in [0.05, 0.1) is 0 Å². The summed E-state index contributed by atoms with van der Waals surface area (Å²) in [7, 11) is 0. The lowest BCUT2D eigenvalue weighted by atomic mass is 9.56. The largest absolute Gasteiger partial charge is 0.0830 e. The zero-order valence-corrected chi connectivity index (χ0v) is 10.2. The Morgan fingerprint density at radius 1 is 1.06 bits per heavy atom. The van der Waals surface area contributed by atoms with Gasteiger partial charge in [0.2, 0.25) is 0 Å². The van der Waals surface area contributed by atoms with Gasteiger partial charge in [-0.3, -0.25) is 0 Å². The standard InChI is InChI=1S/C17H18/c1-2-5-13(6-3-1)15-7-4-11-17(14-8-9-14)12-10-16(15)17/h1-7,14H,8-12H2. The summed E-state index contributed by atoms with van der Waals surface area (Å²) in [6.07, 6.45) is 11.8. The predicted molar refractivity (Wildman–Crippen MR) is 71.5 cm³/mol. The van der Waals surface area contributed by atoms with E-state index in [1.54, 1.807) is 5.57 Å². The molecule has 0 aliphatic heterocycles. The van der Waals surface area contributed by atoms with Gasteiger partial charge in [-0.25, -0.2) is 0 Å². The maximum Gasteiger partial charge on any atom is -0.00130 e. The van der Waals surface area contributed by atoms with Gasteiger partial charge in [-0.15, -0.1) is 0 Å². The molecule has 1 atom stereocenters. The van der Waals surface area contributed by atoms with Gasteiger partial charge in [-0.1, -0.05) is 48.1 Å². The minimum atomic E-state index is 0.597. The molecule has 0 heteroatoms. The number of hydrogen-bond acceptors (Lipinski definition) is 0. The molecule has 4 rings (SSSR count). The molecule has 0 heterocycles. The quantitative estimate of drug-likeness (QED) is 0.686. The van der Waals surface area contributed by atoms with Crippen molar-refractivity contribution in [2.45, 2.75) is 32.1 Å². The molecule has 3 aliphatic carbocycles. The highest BCUT2D eigenvalue weighted by Gasteiger charge is 2.53. The van der Waals surface area contributed by atoms with Crippen molar-refractivity contribution in [3.63, 3.8) is 0 Å². The van der Waals surface area contributed by atoms with E-state index in [0.717, 1.165) is 5.92 Å². The first kappa shape index (κ1) is 9.70. The van der Waals surface area contributed by atoms with Crippen LogP contribution in [-0.2, 0) is 0 Å². The SMILES string of the molecule is C1=CC(c2ccccc2)=C2CCC2(C2CC2)C1. The normalized spacial score (nSPS) is 31.1. The Kier molecular flexibility index (Phi) is 1.91. The van der Waals surface area contributed by atoms with Gasteiger partial charge in [0.15, 0.2) is 0 Å². The Labute approximate surface area is 103 Å². The van der Waals surface area contributed by atoms with Crippen molar-refractivity contribution in [3.8, 4) is 0 Å². The highest BCUT2D eigenvalue weighted by molar-refractivity contribution is 5.80. The van der Waals surface area contributed by atoms with Gasteiger partial charge in [-0.2, -0.15) is 0 Å². The Balaban J connectivity index is 1.82. The van der Waals surface area contributed by atoms with Crippen LogP contribution in [0.5, 0.6) is 0 Å². The smallest absolute Gasteiger partial charge is 0.00130 e. The molecule has 0 amide bonds. The lowest BCUT2D eigenvalue weighted by Gasteiger charge is -2.48. The molecule has 1 aromatic rings. The zero-order chi connectivity index (χ0) is 11.3. The summed E-state index contributed by atoms with van der Waals surface area (Å²) >= 11 is 0. The van der Waals surface area contributed by atoms with Crippen LogP contribution >= 0.6 is 0 Å². The number of hydrogen-bond donors (Lipinski definition) is 0. The molecule has 2 saturated carbocycles. The van der Waals surface area contributed by atoms with Crippen molar-refractivity contribution >= 4 is 5.57 Å². The van der Waals surface area contributed by atoms with Gasteiger partial charge in [0, 0.05) is 0 Å². The molecule has 0 N–H and O–H groups in total. The molecule has 17 heavy (non-hydrogen) atoms. The van der Waals surface area contributed by atoms with Gasteiger partial charge in [0.25, 0.3) is 0 Å². The number of allylic oxidation sites excluding steroid dienone is 4. The minimum Gasteiger partial charge on any atom is -0.0830 e. The van der Waals surface area contributed by atoms with Crippen molar-refractivity contribution in [2.75, 3.05) is 0 Å². The lowest BCUT2D eigenvalue weighted by Crippen LogP contribution is -2.36. The summed E-state index contributed by atoms with van der Waals surface area (Å²) in [6.45, 7) is 0. The molecule has 0 spiro atoms. The van der Waals surface area contributed by atoms with Crippen molar-refractivity contribution in [2.24, 2.45) is 11.3 Å². The zero-order valence-electron chi connectivity index (χ0n) is 10.2. The predicted octanol–water partition coefficient (Wildman–Crippen LogP) is 4.59. The fourth-order valence-electron chi connectivity index (χ4n) is 3.83. The molecule has 3 aliphatic rings. The summed E-state index contributed by atoms with van der Waals surface area (Å²) in [4.78, 5) is 0.